The van der Waals surface area contributed by atoms with Crippen LogP contribution in [0.3, 0.4) is 0 Å². The minimum absolute atomic E-state index is 0.0492. The molecule has 2 aromatic rings. The molecule has 2 aromatic carbocycles. The lowest BCUT2D eigenvalue weighted by molar-refractivity contribution is 0.204. The SMILES string of the molecule is Cc1cc(CO)c(O)c(CN(CCN(Cc2cc(C)cc(CO)c2O)CP(=O)(O)O)CP(=O)(O)O)c1. The summed E-state index contributed by atoms with van der Waals surface area (Å²) in [4.78, 5) is 41.0. The van der Waals surface area contributed by atoms with Crippen LogP contribution in [0.15, 0.2) is 24.3 Å². The van der Waals surface area contributed by atoms with E-state index in [-0.39, 0.29) is 48.8 Å². The van der Waals surface area contributed by atoms with Crippen molar-refractivity contribution in [1.82, 2.24) is 9.80 Å². The van der Waals surface area contributed by atoms with Gasteiger partial charge in [0.05, 0.1) is 13.2 Å². The smallest absolute Gasteiger partial charge is 0.339 e. The van der Waals surface area contributed by atoms with Gasteiger partial charge in [0.25, 0.3) is 0 Å². The molecule has 0 atom stereocenters. The number of aliphatic hydroxyl groups is 2. The predicted molar refractivity (Wildman–Crippen MR) is 132 cm³/mol. The largest absolute Gasteiger partial charge is 0.507 e. The van der Waals surface area contributed by atoms with Gasteiger partial charge in [-0.05, 0) is 13.8 Å². The maximum atomic E-state index is 11.8. The minimum atomic E-state index is -4.54. The van der Waals surface area contributed by atoms with Crippen LogP contribution in [0.5, 0.6) is 11.5 Å². The van der Waals surface area contributed by atoms with Gasteiger partial charge in [-0.3, -0.25) is 18.9 Å². The minimum Gasteiger partial charge on any atom is -0.507 e. The summed E-state index contributed by atoms with van der Waals surface area (Å²) in [6.45, 7) is 2.34. The molecule has 36 heavy (non-hydrogen) atoms. The van der Waals surface area contributed by atoms with Crippen LogP contribution in [0.4, 0.5) is 0 Å². The van der Waals surface area contributed by atoms with E-state index < -0.39 is 41.0 Å². The molecular formula is C22H34N2O10P2. The molecule has 14 heteroatoms. The monoisotopic (exact) mass is 548 g/mol. The quantitative estimate of drug-likeness (QED) is 0.167. The van der Waals surface area contributed by atoms with Crippen LogP contribution in [0.1, 0.15) is 33.4 Å². The lowest BCUT2D eigenvalue weighted by Gasteiger charge is -2.29. The second-order valence-corrected chi connectivity index (χ2v) is 12.1. The number of rotatable bonds is 13. The molecule has 202 valence electrons. The molecule has 0 aliphatic rings. The zero-order valence-electron chi connectivity index (χ0n) is 20.1. The highest BCUT2D eigenvalue weighted by atomic mass is 31.2. The van der Waals surface area contributed by atoms with Crippen LogP contribution in [-0.4, -0.2) is 75.5 Å². The fraction of sp³-hybridized carbons (Fsp3) is 0.455. The average Bonchev–Trinajstić information content (AvgIpc) is 2.74. The Kier molecular flexibility index (Phi) is 10.7. The number of phenols is 2. The summed E-state index contributed by atoms with van der Waals surface area (Å²) in [6, 6.07) is 6.41. The summed E-state index contributed by atoms with van der Waals surface area (Å²) < 4.78 is 23.6. The van der Waals surface area contributed by atoms with Gasteiger partial charge in [-0.25, -0.2) is 0 Å². The van der Waals surface area contributed by atoms with Crippen LogP contribution in [0, 0.1) is 13.8 Å². The van der Waals surface area contributed by atoms with E-state index in [9.17, 15) is 49.1 Å². The molecule has 0 unspecified atom stereocenters. The second-order valence-electron chi connectivity index (χ2n) is 8.90. The van der Waals surface area contributed by atoms with Crippen molar-refractivity contribution in [2.45, 2.75) is 40.2 Å². The molecule has 0 spiro atoms. The second kappa shape index (κ2) is 12.6. The number of aryl methyl sites for hydroxylation is 2. The van der Waals surface area contributed by atoms with Gasteiger partial charge in [0, 0.05) is 48.4 Å². The Bertz CT molecular complexity index is 1060. The predicted octanol–water partition coefficient (Wildman–Crippen LogP) is 1.27. The van der Waals surface area contributed by atoms with Crippen LogP contribution in [0.25, 0.3) is 0 Å². The maximum absolute atomic E-state index is 11.8. The van der Waals surface area contributed by atoms with Crippen molar-refractivity contribution < 1.29 is 49.1 Å². The van der Waals surface area contributed by atoms with Crippen LogP contribution in [-0.2, 0) is 35.4 Å². The summed E-state index contributed by atoms with van der Waals surface area (Å²) in [5.41, 5.74) is 2.63. The summed E-state index contributed by atoms with van der Waals surface area (Å²) in [5, 5.41) is 39.9. The number of hydrogen-bond acceptors (Lipinski definition) is 8. The number of nitrogens with zero attached hydrogens (tertiary/aromatic N) is 2. The molecule has 0 fully saturated rings. The lowest BCUT2D eigenvalue weighted by atomic mass is 10.0. The molecule has 0 saturated heterocycles. The topological polar surface area (TPSA) is 202 Å². The zero-order valence-corrected chi connectivity index (χ0v) is 21.9. The molecule has 0 saturated carbocycles. The van der Waals surface area contributed by atoms with Gasteiger partial charge in [-0.15, -0.1) is 0 Å². The van der Waals surface area contributed by atoms with Crippen molar-refractivity contribution in [3.8, 4) is 11.5 Å². The van der Waals surface area contributed by atoms with E-state index in [1.807, 2.05) is 0 Å². The van der Waals surface area contributed by atoms with E-state index in [0.717, 1.165) is 11.1 Å². The number of hydrogen-bond donors (Lipinski definition) is 8. The number of aromatic hydroxyl groups is 2. The summed E-state index contributed by atoms with van der Waals surface area (Å²) in [5.74, 6) is -0.404. The molecule has 0 bridgehead atoms. The Balaban J connectivity index is 2.32. The van der Waals surface area contributed by atoms with Crippen LogP contribution in [0.2, 0.25) is 0 Å². The zero-order chi connectivity index (χ0) is 27.3. The molecular weight excluding hydrogens is 514 g/mol. The number of benzene rings is 2. The highest BCUT2D eigenvalue weighted by molar-refractivity contribution is 7.51. The van der Waals surface area contributed by atoms with Gasteiger partial charge in [-0.2, -0.15) is 0 Å². The van der Waals surface area contributed by atoms with Gasteiger partial charge in [-0.1, -0.05) is 35.4 Å². The summed E-state index contributed by atoms with van der Waals surface area (Å²) in [6.07, 6.45) is -1.36. The van der Waals surface area contributed by atoms with Crippen LogP contribution < -0.4 is 0 Å². The standard InChI is InChI=1S/C22H34N2O10P2/c1-15-5-17(21(27)19(7-15)11-25)9-23(13-35(29,30)31)3-4-24(14-36(32,33)34)10-18-6-16(2)8-20(12-26)22(18)28/h5-8,25-28H,3-4,9-14H2,1-2H3,(H2,29,30,31)(H2,32,33,34). The molecule has 2 rings (SSSR count). The van der Waals surface area contributed by atoms with Crippen molar-refractivity contribution in [1.29, 1.82) is 0 Å². The highest BCUT2D eigenvalue weighted by Crippen LogP contribution is 2.38. The lowest BCUT2D eigenvalue weighted by Crippen LogP contribution is -2.36. The van der Waals surface area contributed by atoms with E-state index >= 15 is 0 Å². The van der Waals surface area contributed by atoms with E-state index in [1.165, 1.54) is 9.80 Å². The Morgan fingerprint density at radius 3 is 1.22 bits per heavy atom. The van der Waals surface area contributed by atoms with E-state index in [1.54, 1.807) is 38.1 Å². The first-order valence-corrected chi connectivity index (χ1v) is 14.6. The summed E-state index contributed by atoms with van der Waals surface area (Å²) in [7, 11) is -9.08. The highest BCUT2D eigenvalue weighted by Gasteiger charge is 2.25. The van der Waals surface area contributed by atoms with Crippen molar-refractivity contribution in [3.63, 3.8) is 0 Å². The third kappa shape index (κ3) is 9.57. The molecule has 0 aliphatic carbocycles. The normalized spacial score (nSPS) is 12.6. The van der Waals surface area contributed by atoms with Gasteiger partial charge < -0.3 is 40.0 Å². The molecule has 12 nitrogen and oxygen atoms in total. The van der Waals surface area contributed by atoms with Crippen molar-refractivity contribution in [2.24, 2.45) is 0 Å². The molecule has 0 heterocycles. The Morgan fingerprint density at radius 2 is 0.944 bits per heavy atom. The first kappa shape index (κ1) is 30.4. The third-order valence-electron chi connectivity index (χ3n) is 5.45. The van der Waals surface area contributed by atoms with Gasteiger partial charge in [0.1, 0.15) is 24.1 Å². The van der Waals surface area contributed by atoms with Crippen molar-refractivity contribution in [3.05, 3.63) is 57.6 Å². The van der Waals surface area contributed by atoms with Gasteiger partial charge in [0.2, 0.25) is 0 Å². The number of aliphatic hydroxyl groups excluding tert-OH is 2. The van der Waals surface area contributed by atoms with Crippen molar-refractivity contribution >= 4 is 15.2 Å². The van der Waals surface area contributed by atoms with Gasteiger partial charge in [0.15, 0.2) is 0 Å². The third-order valence-corrected chi connectivity index (χ3v) is 6.99. The molecule has 0 aromatic heterocycles. The molecule has 0 amide bonds. The Labute approximate surface area is 209 Å². The summed E-state index contributed by atoms with van der Waals surface area (Å²) >= 11 is 0. The average molecular weight is 548 g/mol. The first-order valence-electron chi connectivity index (χ1n) is 11.0. The first-order chi connectivity index (χ1) is 16.6. The molecule has 8 N–H and O–H groups in total. The Hall–Kier alpha value is -1.82. The van der Waals surface area contributed by atoms with Crippen molar-refractivity contribution in [2.75, 3.05) is 25.7 Å². The maximum Gasteiger partial charge on any atom is 0.339 e. The molecule has 0 radical (unpaired) electrons. The fourth-order valence-electron chi connectivity index (χ4n) is 4.04. The van der Waals surface area contributed by atoms with E-state index in [4.69, 9.17) is 0 Å². The van der Waals surface area contributed by atoms with Crippen LogP contribution >= 0.6 is 15.2 Å². The van der Waals surface area contributed by atoms with E-state index in [2.05, 4.69) is 0 Å². The fourth-order valence-corrected chi connectivity index (χ4v) is 5.56. The van der Waals surface area contributed by atoms with E-state index in [0.29, 0.717) is 11.1 Å². The molecule has 0 aliphatic heterocycles. The Morgan fingerprint density at radius 1 is 0.639 bits per heavy atom. The van der Waals surface area contributed by atoms with Gasteiger partial charge >= 0.3 is 15.2 Å².